The average Bonchev–Trinajstić information content (AvgIpc) is 3.86. The zero-order chi connectivity index (χ0) is 41.6. The van der Waals surface area contributed by atoms with Gasteiger partial charge in [-0.15, -0.1) is 0 Å². The number of nitrogens with one attached hydrogen (secondary N) is 1. The van der Waals surface area contributed by atoms with Crippen LogP contribution < -0.4 is 21.7 Å². The number of fused-ring (bicyclic) bond motifs is 4. The van der Waals surface area contributed by atoms with Crippen LogP contribution in [0.1, 0.15) is 28.4 Å². The van der Waals surface area contributed by atoms with E-state index >= 15 is 8.78 Å². The third-order valence-corrected chi connectivity index (χ3v) is 13.9. The number of phosphoric ester groups is 1. The number of ether oxygens (including phenoxy) is 3. The number of anilines is 1. The molecule has 26 heteroatoms. The van der Waals surface area contributed by atoms with Crippen molar-refractivity contribution in [3.63, 3.8) is 0 Å². The number of phenols is 1. The number of aromatic amines is 1. The number of aromatic nitrogens is 6. The summed E-state index contributed by atoms with van der Waals surface area (Å²) in [5, 5.41) is 9.49. The minimum absolute atomic E-state index is 0.0223. The molecule has 0 saturated carbocycles. The maximum atomic E-state index is 16.7. The van der Waals surface area contributed by atoms with Gasteiger partial charge < -0.3 is 29.9 Å². The second-order valence-electron chi connectivity index (χ2n) is 13.1. The number of esters is 1. The highest BCUT2D eigenvalue weighted by atomic mass is 32.7. The van der Waals surface area contributed by atoms with E-state index in [0.717, 1.165) is 29.5 Å². The van der Waals surface area contributed by atoms with Crippen LogP contribution in [0.25, 0.3) is 11.2 Å². The van der Waals surface area contributed by atoms with Crippen LogP contribution in [0.4, 0.5) is 14.6 Å². The molecular weight excluding hydrogens is 850 g/mol. The van der Waals surface area contributed by atoms with Crippen molar-refractivity contribution in [3.05, 3.63) is 105 Å². The number of carbonyl (C=O) groups is 1. The molecule has 10 atom stereocenters. The van der Waals surface area contributed by atoms with Gasteiger partial charge in [0.05, 0.1) is 25.1 Å². The molecule has 2 bridgehead atoms. The number of halogens is 2. The molecule has 0 spiro atoms. The first kappa shape index (κ1) is 40.9. The molecule has 0 radical (unpaired) electrons. The molecule has 0 amide bonds. The van der Waals surface area contributed by atoms with Crippen molar-refractivity contribution >= 4 is 49.0 Å². The summed E-state index contributed by atoms with van der Waals surface area (Å²) in [6, 6.07) is 12.3. The molecule has 3 fully saturated rings. The van der Waals surface area contributed by atoms with E-state index in [1.165, 1.54) is 48.5 Å². The third-order valence-electron chi connectivity index (χ3n) is 9.25. The summed E-state index contributed by atoms with van der Waals surface area (Å²) in [7, 11) is -5.31. The Kier molecular flexibility index (Phi) is 11.3. The number of carbonyl (C=O) groups excluding carboxylic acids is 1. The van der Waals surface area contributed by atoms with Crippen molar-refractivity contribution in [3.8, 4) is 11.5 Å². The summed E-state index contributed by atoms with van der Waals surface area (Å²) in [6.45, 7) is -6.50. The third kappa shape index (κ3) is 8.59. The number of H-pyrrole nitrogens is 1. The normalized spacial score (nSPS) is 31.2. The Balaban J connectivity index is 1.08. The Morgan fingerprint density at radius 1 is 0.915 bits per heavy atom. The lowest BCUT2D eigenvalue weighted by molar-refractivity contribution is -0.0652. The van der Waals surface area contributed by atoms with Crippen LogP contribution in [0, 0.1) is 0 Å². The summed E-state index contributed by atoms with van der Waals surface area (Å²) < 4.78 is 102. The van der Waals surface area contributed by atoms with Crippen molar-refractivity contribution in [2.24, 2.45) is 0 Å². The van der Waals surface area contributed by atoms with Crippen molar-refractivity contribution in [2.75, 3.05) is 18.9 Å². The SMILES string of the molecule is Nc1ncnc2c1ncn2[C@@H]1OC2COP(=O)(O)O[C@@H]3[C@H](F)C(CO[P@](=O)(SCc4ccc(OC(=O)c5ccc(O)cc5)cc4)O[C@H]2[C@H]1F)O[C@H]3n1ccc(=O)[nH]c1=O. The van der Waals surface area contributed by atoms with Gasteiger partial charge in [-0.05, 0) is 53.3 Å². The zero-order valence-electron chi connectivity index (χ0n) is 29.8. The summed E-state index contributed by atoms with van der Waals surface area (Å²) in [6.07, 6.45) is -11.9. The maximum absolute atomic E-state index is 16.7. The molecule has 8 rings (SSSR count). The number of phenolic OH excluding ortho intramolecular Hbond substituents is 1. The van der Waals surface area contributed by atoms with Crippen molar-refractivity contribution in [1.29, 1.82) is 0 Å². The van der Waals surface area contributed by atoms with E-state index in [9.17, 15) is 33.5 Å². The topological polar surface area (TPSA) is 281 Å². The number of rotatable bonds is 7. The van der Waals surface area contributed by atoms with Gasteiger partial charge in [0.1, 0.15) is 47.8 Å². The van der Waals surface area contributed by atoms with Gasteiger partial charge in [0.2, 0.25) is 0 Å². The molecule has 3 aromatic heterocycles. The van der Waals surface area contributed by atoms with E-state index in [0.29, 0.717) is 21.5 Å². The minimum atomic E-state index is -5.31. The monoisotopic (exact) mass is 881 g/mol. The Morgan fingerprint density at radius 2 is 1.64 bits per heavy atom. The number of nitrogens with two attached hydrogens (primary N) is 1. The van der Waals surface area contributed by atoms with E-state index < -0.39 is 94.3 Å². The van der Waals surface area contributed by atoms with Gasteiger partial charge in [0.15, 0.2) is 36.3 Å². The van der Waals surface area contributed by atoms with E-state index in [1.807, 2.05) is 4.98 Å². The van der Waals surface area contributed by atoms with Crippen molar-refractivity contribution < 1.29 is 65.0 Å². The van der Waals surface area contributed by atoms with Gasteiger partial charge in [0, 0.05) is 18.0 Å². The van der Waals surface area contributed by atoms with Crippen LogP contribution in [-0.2, 0) is 42.5 Å². The van der Waals surface area contributed by atoms with Gasteiger partial charge in [-0.3, -0.25) is 37.0 Å². The maximum Gasteiger partial charge on any atom is 0.472 e. The van der Waals surface area contributed by atoms with Crippen LogP contribution in [0.5, 0.6) is 11.5 Å². The molecule has 5 N–H and O–H groups in total. The highest BCUT2D eigenvalue weighted by Crippen LogP contribution is 2.65. The first-order valence-electron chi connectivity index (χ1n) is 17.3. The number of nitrogen functional groups attached to an aromatic ring is 1. The van der Waals surface area contributed by atoms with Gasteiger partial charge in [-0.25, -0.2) is 42.5 Å². The second kappa shape index (κ2) is 16.3. The predicted molar refractivity (Wildman–Crippen MR) is 199 cm³/mol. The number of imidazole rings is 1. The Bertz CT molecular complexity index is 2590. The molecule has 6 heterocycles. The summed E-state index contributed by atoms with van der Waals surface area (Å²) in [5.74, 6) is -0.746. The number of benzene rings is 2. The lowest BCUT2D eigenvalue weighted by Crippen LogP contribution is -2.37. The first-order valence-corrected chi connectivity index (χ1v) is 22.0. The van der Waals surface area contributed by atoms with E-state index in [1.54, 1.807) is 0 Å². The van der Waals surface area contributed by atoms with Crippen molar-refractivity contribution in [2.45, 2.75) is 55.0 Å². The first-order chi connectivity index (χ1) is 28.2. The molecular formula is C33H31F2N7O14P2S. The number of aromatic hydroxyl groups is 1. The summed E-state index contributed by atoms with van der Waals surface area (Å²) >= 11 is 0.561. The van der Waals surface area contributed by atoms with Gasteiger partial charge in [-0.1, -0.05) is 12.1 Å². The summed E-state index contributed by atoms with van der Waals surface area (Å²) in [4.78, 5) is 61.8. The fourth-order valence-electron chi connectivity index (χ4n) is 6.36. The fraction of sp³-hybridized carbons (Fsp3) is 0.333. The molecule has 59 heavy (non-hydrogen) atoms. The predicted octanol–water partition coefficient (Wildman–Crippen LogP) is 3.31. The molecule has 3 unspecified atom stereocenters. The molecule has 0 aliphatic carbocycles. The fourth-order valence-corrected chi connectivity index (χ4v) is 10.7. The Labute approximate surface area is 333 Å². The molecule has 3 aliphatic heterocycles. The lowest BCUT2D eigenvalue weighted by atomic mass is 10.1. The number of nitrogens with zero attached hydrogens (tertiary/aromatic N) is 5. The second-order valence-corrected chi connectivity index (χ2v) is 18.6. The molecule has 312 valence electrons. The minimum Gasteiger partial charge on any atom is -0.508 e. The number of hydrogen-bond donors (Lipinski definition) is 4. The highest BCUT2D eigenvalue weighted by Gasteiger charge is 2.55. The quantitative estimate of drug-likeness (QED) is 0.104. The van der Waals surface area contributed by atoms with E-state index in [2.05, 4.69) is 15.0 Å². The Hall–Kier alpha value is -4.87. The van der Waals surface area contributed by atoms with Crippen molar-refractivity contribution in [1.82, 2.24) is 29.1 Å². The van der Waals surface area contributed by atoms with Crippen LogP contribution >= 0.6 is 26.0 Å². The smallest absolute Gasteiger partial charge is 0.472 e. The standard InChI is InChI=1S/C33H31F2N7O14P2S/c34-23-20-11-51-58(49,59-13-16-1-7-19(8-2-16)52-32(45)17-3-5-18(43)6-4-17)56-26-21(54-30(24(26)35)42-15-39-25-28(36)37-14-38-29(25)42)12-50-57(47,48)55-27(23)31(53-20)41-10-9-22(44)40-33(41)46/h1-10,14-15,20-21,23-24,26-27,30-31,43H,11-13H2,(H,47,48)(H2,36,37,38)(H,40,44,46)/t20?,21?,23-,24-,26-,27-,30-,31-,58+/m1/s1. The molecule has 5 aromatic rings. The van der Waals surface area contributed by atoms with Gasteiger partial charge in [0.25, 0.3) is 5.56 Å². The molecule has 3 saturated heterocycles. The zero-order valence-corrected chi connectivity index (χ0v) is 32.4. The number of hydrogen-bond acceptors (Lipinski definition) is 18. The van der Waals surface area contributed by atoms with Gasteiger partial charge in [-0.2, -0.15) is 0 Å². The van der Waals surface area contributed by atoms with Crippen LogP contribution in [0.3, 0.4) is 0 Å². The largest absolute Gasteiger partial charge is 0.508 e. The molecule has 2 aromatic carbocycles. The van der Waals surface area contributed by atoms with Crippen LogP contribution in [-0.4, -0.2) is 95.0 Å². The summed E-state index contributed by atoms with van der Waals surface area (Å²) in [5.41, 5.74) is 4.85. The van der Waals surface area contributed by atoms with Crippen LogP contribution in [0.2, 0.25) is 0 Å². The van der Waals surface area contributed by atoms with E-state index in [-0.39, 0.29) is 39.8 Å². The van der Waals surface area contributed by atoms with E-state index in [4.69, 9.17) is 38.0 Å². The highest BCUT2D eigenvalue weighted by molar-refractivity contribution is 8.54. The average molecular weight is 882 g/mol. The Morgan fingerprint density at radius 3 is 2.39 bits per heavy atom. The lowest BCUT2D eigenvalue weighted by Gasteiger charge is -2.27. The van der Waals surface area contributed by atoms with Gasteiger partial charge >= 0.3 is 26.3 Å². The molecule has 3 aliphatic rings. The van der Waals surface area contributed by atoms with Crippen LogP contribution in [0.15, 0.2) is 83.0 Å². The molecule has 21 nitrogen and oxygen atoms in total. The number of alkyl halides is 2. The number of phosphoric acid groups is 1.